The fourth-order valence-electron chi connectivity index (χ4n) is 1.27. The summed E-state index contributed by atoms with van der Waals surface area (Å²) in [5, 5.41) is 0. The Morgan fingerprint density at radius 2 is 2.07 bits per heavy atom. The van der Waals surface area contributed by atoms with Crippen molar-refractivity contribution in [1.29, 1.82) is 0 Å². The minimum atomic E-state index is -0.296. The lowest BCUT2D eigenvalue weighted by Gasteiger charge is -2.13. The van der Waals surface area contributed by atoms with Crippen LogP contribution in [-0.4, -0.2) is 26.3 Å². The van der Waals surface area contributed by atoms with E-state index >= 15 is 0 Å². The van der Waals surface area contributed by atoms with Gasteiger partial charge in [-0.3, -0.25) is 0 Å². The Morgan fingerprint density at radius 1 is 1.36 bits per heavy atom. The van der Waals surface area contributed by atoms with Crippen molar-refractivity contribution in [3.8, 4) is 0 Å². The van der Waals surface area contributed by atoms with Crippen molar-refractivity contribution in [3.63, 3.8) is 0 Å². The van der Waals surface area contributed by atoms with Crippen molar-refractivity contribution < 1.29 is 14.3 Å². The fourth-order valence-corrected chi connectivity index (χ4v) is 1.27. The Kier molecular flexibility index (Phi) is 8.64. The fraction of sp³-hybridized carbons (Fsp3) is 0.909. The van der Waals surface area contributed by atoms with Crippen LogP contribution in [0.4, 0.5) is 0 Å². The molecule has 0 spiro atoms. The summed E-state index contributed by atoms with van der Waals surface area (Å²) in [7, 11) is 1.38. The Hall–Kier alpha value is -0.570. The van der Waals surface area contributed by atoms with Crippen LogP contribution in [0.2, 0.25) is 0 Å². The number of carbonyl (C=O) groups excluding carboxylic acids is 1. The zero-order valence-corrected chi connectivity index (χ0v) is 9.54. The summed E-state index contributed by atoms with van der Waals surface area (Å²) < 4.78 is 9.74. The first-order valence-electron chi connectivity index (χ1n) is 5.39. The van der Waals surface area contributed by atoms with Crippen molar-refractivity contribution >= 4 is 5.97 Å². The number of methoxy groups -OCH3 is 1. The molecule has 3 nitrogen and oxygen atoms in total. The van der Waals surface area contributed by atoms with Crippen molar-refractivity contribution in [1.82, 2.24) is 0 Å². The number of esters is 1. The summed E-state index contributed by atoms with van der Waals surface area (Å²) in [6, 6.07) is 0. The third-order valence-corrected chi connectivity index (χ3v) is 2.34. The van der Waals surface area contributed by atoms with Crippen molar-refractivity contribution in [3.05, 3.63) is 0 Å². The van der Waals surface area contributed by atoms with Gasteiger partial charge in [0.25, 0.3) is 0 Å². The smallest absolute Gasteiger partial charge is 0.331 e. The predicted octanol–water partition coefficient (Wildman–Crippen LogP) is 2.39. The first-order chi connectivity index (χ1) is 6.74. The zero-order chi connectivity index (χ0) is 10.8. The maximum atomic E-state index is 10.7. The van der Waals surface area contributed by atoms with Gasteiger partial charge in [-0.05, 0) is 12.3 Å². The van der Waals surface area contributed by atoms with E-state index in [1.165, 1.54) is 26.4 Å². The predicted molar refractivity (Wildman–Crippen MR) is 56.1 cm³/mol. The van der Waals surface area contributed by atoms with Crippen LogP contribution >= 0.6 is 0 Å². The Labute approximate surface area is 86.8 Å². The quantitative estimate of drug-likeness (QED) is 0.567. The molecule has 0 aromatic carbocycles. The van der Waals surface area contributed by atoms with E-state index in [1.807, 2.05) is 0 Å². The van der Waals surface area contributed by atoms with E-state index in [0.717, 1.165) is 6.42 Å². The van der Waals surface area contributed by atoms with Gasteiger partial charge in [-0.15, -0.1) is 0 Å². The molecule has 0 amide bonds. The van der Waals surface area contributed by atoms with Crippen LogP contribution < -0.4 is 0 Å². The third kappa shape index (κ3) is 6.89. The highest BCUT2D eigenvalue weighted by molar-refractivity contribution is 5.70. The van der Waals surface area contributed by atoms with Crippen LogP contribution in [0.1, 0.15) is 39.5 Å². The molecule has 0 heterocycles. The van der Waals surface area contributed by atoms with Gasteiger partial charge in [-0.2, -0.15) is 0 Å². The molecule has 0 bridgehead atoms. The lowest BCUT2D eigenvalue weighted by Crippen LogP contribution is -2.15. The second-order valence-corrected chi connectivity index (χ2v) is 3.51. The van der Waals surface area contributed by atoms with Crippen molar-refractivity contribution in [2.45, 2.75) is 39.5 Å². The van der Waals surface area contributed by atoms with Gasteiger partial charge in [0.2, 0.25) is 0 Å². The molecule has 3 heteroatoms. The first kappa shape index (κ1) is 13.4. The van der Waals surface area contributed by atoms with Gasteiger partial charge < -0.3 is 9.47 Å². The molecule has 0 N–H and O–H groups in total. The molecule has 0 aromatic heterocycles. The number of rotatable bonds is 8. The van der Waals surface area contributed by atoms with E-state index in [9.17, 15) is 4.79 Å². The molecule has 14 heavy (non-hydrogen) atoms. The maximum Gasteiger partial charge on any atom is 0.331 e. The van der Waals surface area contributed by atoms with Crippen LogP contribution in [0.25, 0.3) is 0 Å². The molecular formula is C11H22O3. The average Bonchev–Trinajstić information content (AvgIpc) is 2.22. The first-order valence-corrected chi connectivity index (χ1v) is 5.39. The lowest BCUT2D eigenvalue weighted by molar-refractivity contribution is -0.146. The topological polar surface area (TPSA) is 35.5 Å². The summed E-state index contributed by atoms with van der Waals surface area (Å²) in [4.78, 5) is 10.7. The highest BCUT2D eigenvalue weighted by Crippen LogP contribution is 2.12. The normalized spacial score (nSPS) is 12.5. The molecule has 0 aliphatic carbocycles. The number of ether oxygens (including phenoxy) is 2. The molecule has 0 aliphatic heterocycles. The van der Waals surface area contributed by atoms with Crippen LogP contribution in [0.15, 0.2) is 0 Å². The largest absolute Gasteiger partial charge is 0.467 e. The molecule has 0 fully saturated rings. The zero-order valence-electron chi connectivity index (χ0n) is 9.54. The Bertz CT molecular complexity index is 145. The number of carbonyl (C=O) groups is 1. The molecule has 1 unspecified atom stereocenters. The molecule has 0 aliphatic rings. The third-order valence-electron chi connectivity index (χ3n) is 2.34. The van der Waals surface area contributed by atoms with Gasteiger partial charge in [0, 0.05) is 0 Å². The van der Waals surface area contributed by atoms with E-state index in [2.05, 4.69) is 18.6 Å². The van der Waals surface area contributed by atoms with Crippen LogP contribution in [-0.2, 0) is 14.3 Å². The number of hydrogen-bond acceptors (Lipinski definition) is 3. The molecule has 0 saturated heterocycles. The van der Waals surface area contributed by atoms with E-state index < -0.39 is 0 Å². The molecule has 0 aromatic rings. The molecule has 1 atom stereocenters. The molecule has 0 radical (unpaired) electrons. The summed E-state index contributed by atoms with van der Waals surface area (Å²) in [6.07, 6.45) is 4.75. The highest BCUT2D eigenvalue weighted by atomic mass is 16.6. The Balaban J connectivity index is 3.46. The molecule has 0 rings (SSSR count). The van der Waals surface area contributed by atoms with Gasteiger partial charge in [-0.1, -0.05) is 33.1 Å². The molecule has 0 saturated carbocycles. The summed E-state index contributed by atoms with van der Waals surface area (Å²) in [5.41, 5.74) is 0. The highest BCUT2D eigenvalue weighted by Gasteiger charge is 2.07. The van der Waals surface area contributed by atoms with E-state index in [-0.39, 0.29) is 12.6 Å². The minimum Gasteiger partial charge on any atom is -0.467 e. The second kappa shape index (κ2) is 9.00. The van der Waals surface area contributed by atoms with E-state index in [1.54, 1.807) is 0 Å². The van der Waals surface area contributed by atoms with Gasteiger partial charge in [0.1, 0.15) is 6.61 Å². The van der Waals surface area contributed by atoms with Crippen LogP contribution in [0.3, 0.4) is 0 Å². The minimum absolute atomic E-state index is 0.0825. The van der Waals surface area contributed by atoms with E-state index in [0.29, 0.717) is 12.5 Å². The average molecular weight is 202 g/mol. The van der Waals surface area contributed by atoms with Crippen LogP contribution in [0.5, 0.6) is 0 Å². The molecular weight excluding hydrogens is 180 g/mol. The van der Waals surface area contributed by atoms with Gasteiger partial charge in [0.05, 0.1) is 13.7 Å². The number of hydrogen-bond donors (Lipinski definition) is 0. The van der Waals surface area contributed by atoms with Crippen molar-refractivity contribution in [2.24, 2.45) is 5.92 Å². The summed E-state index contributed by atoms with van der Waals surface area (Å²) in [5.74, 6) is 0.287. The number of unbranched alkanes of at least 4 members (excludes halogenated alkanes) is 1. The SMILES string of the molecule is CCCCC(CC)COCC(=O)OC. The monoisotopic (exact) mass is 202 g/mol. The van der Waals surface area contributed by atoms with Crippen molar-refractivity contribution in [2.75, 3.05) is 20.3 Å². The second-order valence-electron chi connectivity index (χ2n) is 3.51. The summed E-state index contributed by atoms with van der Waals surface area (Å²) >= 11 is 0. The van der Waals surface area contributed by atoms with Gasteiger partial charge in [0.15, 0.2) is 0 Å². The Morgan fingerprint density at radius 3 is 2.57 bits per heavy atom. The molecule has 84 valence electrons. The van der Waals surface area contributed by atoms with Gasteiger partial charge in [-0.25, -0.2) is 4.79 Å². The maximum absolute atomic E-state index is 10.7. The van der Waals surface area contributed by atoms with Crippen LogP contribution in [0, 0.1) is 5.92 Å². The summed E-state index contributed by atoms with van der Waals surface area (Å²) in [6.45, 7) is 5.09. The van der Waals surface area contributed by atoms with E-state index in [4.69, 9.17) is 4.74 Å². The standard InChI is InChI=1S/C11H22O3/c1-4-6-7-10(5-2)8-14-9-11(12)13-3/h10H,4-9H2,1-3H3. The van der Waals surface area contributed by atoms with Gasteiger partial charge >= 0.3 is 5.97 Å². The lowest BCUT2D eigenvalue weighted by atomic mass is 10.0.